The Hall–Kier alpha value is -1.68. The molecule has 1 heterocycles. The van der Waals surface area contributed by atoms with Crippen molar-refractivity contribution in [2.24, 2.45) is 0 Å². The molecule has 0 amide bonds. The number of rotatable bonds is 2. The van der Waals surface area contributed by atoms with Crippen molar-refractivity contribution in [3.63, 3.8) is 0 Å². The minimum atomic E-state index is -1.43. The summed E-state index contributed by atoms with van der Waals surface area (Å²) in [4.78, 5) is 4.10. The van der Waals surface area contributed by atoms with Crippen molar-refractivity contribution < 1.29 is 0 Å². The maximum Gasteiger partial charge on any atom is 0.131 e. The zero-order valence-corrected chi connectivity index (χ0v) is 14.1. The van der Waals surface area contributed by atoms with Gasteiger partial charge in [0.1, 0.15) is 13.2 Å². The summed E-state index contributed by atoms with van der Waals surface area (Å²) in [5.41, 5.74) is 5.04. The van der Waals surface area contributed by atoms with Gasteiger partial charge in [0.05, 0.1) is 17.3 Å². The van der Waals surface area contributed by atoms with E-state index in [1.54, 1.807) is 18.3 Å². The first-order valence-corrected chi connectivity index (χ1v) is 10.3. The number of anilines is 1. The minimum Gasteiger partial charge on any atom is -0.371 e. The molecule has 1 aromatic rings. The van der Waals surface area contributed by atoms with Gasteiger partial charge in [-0.15, -0.1) is 5.54 Å². The molecule has 2 nitrogen and oxygen atoms in total. The second-order valence-electron chi connectivity index (χ2n) is 5.41. The lowest BCUT2D eigenvalue weighted by Crippen LogP contribution is -2.17. The molecule has 0 aliphatic carbocycles. The van der Waals surface area contributed by atoms with Gasteiger partial charge in [0.2, 0.25) is 0 Å². The number of halogens is 1. The molecule has 0 aliphatic rings. The summed E-state index contributed by atoms with van der Waals surface area (Å²) in [6.45, 7) is 12.2. The Kier molecular flexibility index (Phi) is 5.89. The third-order valence-corrected chi connectivity index (χ3v) is 3.30. The Labute approximate surface area is 127 Å². The minimum absolute atomic E-state index is 0.0149. The van der Waals surface area contributed by atoms with E-state index in [9.17, 15) is 0 Å². The highest BCUT2D eigenvalue weighted by atomic mass is 35.5. The van der Waals surface area contributed by atoms with Gasteiger partial charge in [-0.2, -0.15) is 0 Å². The lowest BCUT2D eigenvalue weighted by Gasteiger charge is -2.12. The van der Waals surface area contributed by atoms with Crippen LogP contribution in [0.2, 0.25) is 24.8 Å². The van der Waals surface area contributed by atoms with Crippen LogP contribution in [0, 0.1) is 23.3 Å². The van der Waals surface area contributed by atoms with Crippen LogP contribution in [0.3, 0.4) is 0 Å². The molecule has 0 bridgehead atoms. The number of nitrogens with zero attached hydrogens (tertiary/aromatic N) is 1. The molecule has 0 saturated heterocycles. The molecule has 4 heteroatoms. The summed E-state index contributed by atoms with van der Waals surface area (Å²) >= 11 is 5.95. The smallest absolute Gasteiger partial charge is 0.131 e. The van der Waals surface area contributed by atoms with Crippen LogP contribution in [0.4, 0.5) is 5.69 Å². The van der Waals surface area contributed by atoms with Crippen LogP contribution in [0.25, 0.3) is 0 Å². The van der Waals surface area contributed by atoms with Gasteiger partial charge in [-0.1, -0.05) is 55.6 Å². The number of pyridine rings is 1. The van der Waals surface area contributed by atoms with Crippen molar-refractivity contribution in [3.05, 3.63) is 35.6 Å². The number of hydrogen-bond donors (Lipinski definition) is 1. The molecular weight excluding hydrogens is 284 g/mol. The number of hydrogen-bond acceptors (Lipinski definition) is 2. The zero-order valence-electron chi connectivity index (χ0n) is 12.3. The summed E-state index contributed by atoms with van der Waals surface area (Å²) in [5, 5.41) is 3.73. The van der Waals surface area contributed by atoms with Gasteiger partial charge in [0.15, 0.2) is 0 Å². The first kappa shape index (κ1) is 16.4. The molecule has 1 N–H and O–H groups in total. The Morgan fingerprint density at radius 1 is 1.45 bits per heavy atom. The van der Waals surface area contributed by atoms with Gasteiger partial charge in [0, 0.05) is 6.20 Å². The van der Waals surface area contributed by atoms with E-state index in [0.29, 0.717) is 5.15 Å². The van der Waals surface area contributed by atoms with Gasteiger partial charge in [-0.3, -0.25) is 0 Å². The lowest BCUT2D eigenvalue weighted by atomic mass is 10.2. The lowest BCUT2D eigenvalue weighted by molar-refractivity contribution is 1.03. The molecule has 104 valence electrons. The fraction of sp³-hybridized carbons (Fsp3) is 0.312. The third-order valence-electron chi connectivity index (χ3n) is 2.22. The van der Waals surface area contributed by atoms with E-state index in [4.69, 9.17) is 11.6 Å². The van der Waals surface area contributed by atoms with Crippen LogP contribution in [0.5, 0.6) is 0 Å². The third kappa shape index (κ3) is 5.97. The highest BCUT2D eigenvalue weighted by Gasteiger charge is 2.09. The van der Waals surface area contributed by atoms with Crippen molar-refractivity contribution in [1.29, 1.82) is 0 Å². The van der Waals surface area contributed by atoms with Gasteiger partial charge in [-0.25, -0.2) is 4.98 Å². The van der Waals surface area contributed by atoms with E-state index < -0.39 is 8.07 Å². The summed E-state index contributed by atoms with van der Waals surface area (Å²) in [5.74, 6) is 9.05. The Morgan fingerprint density at radius 3 is 2.75 bits per heavy atom. The van der Waals surface area contributed by atoms with Crippen molar-refractivity contribution in [2.75, 3.05) is 5.32 Å². The predicted octanol–water partition coefficient (Wildman–Crippen LogP) is 3.95. The number of aromatic nitrogens is 1. The topological polar surface area (TPSA) is 24.9 Å². The second-order valence-corrected chi connectivity index (χ2v) is 10.5. The highest BCUT2D eigenvalue weighted by Crippen LogP contribution is 2.19. The van der Waals surface area contributed by atoms with E-state index >= 15 is 0 Å². The first-order valence-electron chi connectivity index (χ1n) is 6.39. The molecule has 1 aromatic heterocycles. The van der Waals surface area contributed by atoms with E-state index in [1.807, 2.05) is 6.92 Å². The Morgan fingerprint density at radius 2 is 2.15 bits per heavy atom. The van der Waals surface area contributed by atoms with Gasteiger partial charge in [0.25, 0.3) is 0 Å². The molecular formula is C16H19ClN2Si. The normalized spacial score (nSPS) is 11.4. The van der Waals surface area contributed by atoms with Crippen molar-refractivity contribution in [1.82, 2.24) is 4.98 Å². The molecule has 20 heavy (non-hydrogen) atoms. The second kappa shape index (κ2) is 7.19. The van der Waals surface area contributed by atoms with Crippen LogP contribution >= 0.6 is 11.6 Å². The summed E-state index contributed by atoms with van der Waals surface area (Å²) in [7, 11) is -1.43. The predicted molar refractivity (Wildman–Crippen MR) is 90.5 cm³/mol. The summed E-state index contributed by atoms with van der Waals surface area (Å²) < 4.78 is 0. The molecule has 0 aromatic carbocycles. The SMILES string of the molecule is C=CC#C[C@@H](C)Nc1cc(Cl)ncc1C#C[Si](C)(C)C. The van der Waals surface area contributed by atoms with Crippen molar-refractivity contribution in [2.45, 2.75) is 32.6 Å². The van der Waals surface area contributed by atoms with Crippen molar-refractivity contribution in [3.8, 4) is 23.3 Å². The zero-order chi connectivity index (χ0) is 15.2. The molecule has 0 fully saturated rings. The van der Waals surface area contributed by atoms with Crippen LogP contribution in [-0.2, 0) is 0 Å². The van der Waals surface area contributed by atoms with E-state index in [-0.39, 0.29) is 6.04 Å². The molecule has 0 unspecified atom stereocenters. The number of nitrogens with one attached hydrogen (secondary N) is 1. The summed E-state index contributed by atoms with van der Waals surface area (Å²) in [6.07, 6.45) is 3.27. The maximum absolute atomic E-state index is 5.95. The Bertz CT molecular complexity index is 609. The van der Waals surface area contributed by atoms with Crippen LogP contribution in [0.15, 0.2) is 24.9 Å². The first-order chi connectivity index (χ1) is 9.31. The van der Waals surface area contributed by atoms with Crippen LogP contribution in [0.1, 0.15) is 12.5 Å². The van der Waals surface area contributed by atoms with E-state index in [1.165, 1.54) is 0 Å². The molecule has 0 spiro atoms. The average Bonchev–Trinajstić information content (AvgIpc) is 2.34. The standard InChI is InChI=1S/C16H19ClN2Si/c1-6-7-8-13(2)19-15-11-16(17)18-12-14(15)9-10-20(3,4)5/h6,11-13H,1H2,2-5H3,(H,18,19)/t13-/m1/s1. The van der Waals surface area contributed by atoms with Crippen LogP contribution < -0.4 is 5.32 Å². The molecule has 0 radical (unpaired) electrons. The van der Waals surface area contributed by atoms with E-state index in [2.05, 4.69) is 59.8 Å². The molecule has 0 aliphatic heterocycles. The molecule has 1 rings (SSSR count). The van der Waals surface area contributed by atoms with Crippen LogP contribution in [-0.4, -0.2) is 19.1 Å². The quantitative estimate of drug-likeness (QED) is 0.508. The maximum atomic E-state index is 5.95. The monoisotopic (exact) mass is 302 g/mol. The van der Waals surface area contributed by atoms with E-state index in [0.717, 1.165) is 11.3 Å². The number of allylic oxidation sites excluding steroid dienone is 1. The fourth-order valence-corrected chi connectivity index (χ4v) is 2.02. The van der Waals surface area contributed by atoms with Gasteiger partial charge < -0.3 is 5.32 Å². The Balaban J connectivity index is 3.07. The molecule has 0 saturated carbocycles. The van der Waals surface area contributed by atoms with Crippen molar-refractivity contribution >= 4 is 25.4 Å². The highest BCUT2D eigenvalue weighted by molar-refractivity contribution is 6.83. The van der Waals surface area contributed by atoms with Gasteiger partial charge >= 0.3 is 0 Å². The molecule has 1 atom stereocenters. The average molecular weight is 303 g/mol. The fourth-order valence-electron chi connectivity index (χ4n) is 1.36. The van der Waals surface area contributed by atoms with Gasteiger partial charge in [-0.05, 0) is 19.1 Å². The summed E-state index contributed by atoms with van der Waals surface area (Å²) in [6, 6.07) is 1.76. The largest absolute Gasteiger partial charge is 0.371 e.